The van der Waals surface area contributed by atoms with Crippen molar-refractivity contribution in [3.05, 3.63) is 0 Å². The maximum atomic E-state index is 11.8. The summed E-state index contributed by atoms with van der Waals surface area (Å²) in [4.78, 5) is 23.8. The van der Waals surface area contributed by atoms with Crippen LogP contribution in [-0.4, -0.2) is 54.4 Å². The number of urea groups is 1. The lowest BCUT2D eigenvalue weighted by atomic mass is 10.4. The molecule has 0 bridgehead atoms. The first-order valence-electron chi connectivity index (χ1n) is 5.99. The van der Waals surface area contributed by atoms with Gasteiger partial charge in [0, 0.05) is 19.1 Å². The highest BCUT2D eigenvalue weighted by Crippen LogP contribution is 2.26. The predicted molar refractivity (Wildman–Crippen MR) is 61.9 cm³/mol. The molecular formula is C11H20N2O4. The lowest BCUT2D eigenvalue weighted by Gasteiger charge is -2.22. The summed E-state index contributed by atoms with van der Waals surface area (Å²) < 4.78 is 4.83. The van der Waals surface area contributed by atoms with E-state index in [1.165, 1.54) is 0 Å². The van der Waals surface area contributed by atoms with E-state index < -0.39 is 5.97 Å². The van der Waals surface area contributed by atoms with Gasteiger partial charge >= 0.3 is 12.0 Å². The molecular weight excluding hydrogens is 224 g/mol. The topological polar surface area (TPSA) is 78.9 Å². The van der Waals surface area contributed by atoms with Gasteiger partial charge in [0.1, 0.15) is 6.61 Å². The molecule has 1 saturated carbocycles. The predicted octanol–water partition coefficient (Wildman–Crippen LogP) is 0.672. The molecule has 0 heterocycles. The smallest absolute Gasteiger partial charge is 0.329 e. The second-order valence-corrected chi connectivity index (χ2v) is 4.10. The molecule has 0 aromatic rings. The monoisotopic (exact) mass is 244 g/mol. The summed E-state index contributed by atoms with van der Waals surface area (Å²) in [6.07, 6.45) is 3.12. The van der Waals surface area contributed by atoms with Gasteiger partial charge in [-0.3, -0.25) is 0 Å². The molecule has 0 aromatic carbocycles. The molecule has 6 nitrogen and oxygen atoms in total. The largest absolute Gasteiger partial charge is 0.480 e. The second-order valence-electron chi connectivity index (χ2n) is 4.10. The molecule has 1 fully saturated rings. The maximum absolute atomic E-state index is 11.8. The van der Waals surface area contributed by atoms with E-state index >= 15 is 0 Å². The van der Waals surface area contributed by atoms with Gasteiger partial charge in [-0.15, -0.1) is 0 Å². The number of ether oxygens (including phenoxy) is 1. The minimum absolute atomic E-state index is 0.0757. The van der Waals surface area contributed by atoms with Crippen molar-refractivity contribution < 1.29 is 19.4 Å². The Bertz CT molecular complexity index is 266. The number of aliphatic carboxylic acids is 1. The lowest BCUT2D eigenvalue weighted by Crippen LogP contribution is -2.43. The van der Waals surface area contributed by atoms with Crippen LogP contribution >= 0.6 is 0 Å². The number of carboxylic acid groups (broad SMARTS) is 1. The first-order chi connectivity index (χ1) is 8.15. The summed E-state index contributed by atoms with van der Waals surface area (Å²) >= 11 is 0. The number of rotatable bonds is 8. The summed E-state index contributed by atoms with van der Waals surface area (Å²) in [6.45, 7) is 3.06. The minimum atomic E-state index is -0.998. The van der Waals surface area contributed by atoms with Crippen LogP contribution in [0.25, 0.3) is 0 Å². The number of amides is 2. The second kappa shape index (κ2) is 7.11. The van der Waals surface area contributed by atoms with Crippen molar-refractivity contribution in [1.82, 2.24) is 10.2 Å². The van der Waals surface area contributed by atoms with Gasteiger partial charge in [-0.25, -0.2) is 9.59 Å². The SMILES string of the molecule is CCCN(C(=O)NCCOCC(=O)O)C1CC1. The average molecular weight is 244 g/mol. The molecule has 0 saturated heterocycles. The Kier molecular flexibility index (Phi) is 5.76. The van der Waals surface area contributed by atoms with E-state index in [2.05, 4.69) is 5.32 Å². The van der Waals surface area contributed by atoms with E-state index in [-0.39, 0.29) is 19.2 Å². The van der Waals surface area contributed by atoms with Gasteiger partial charge in [0.25, 0.3) is 0 Å². The number of nitrogens with one attached hydrogen (secondary N) is 1. The molecule has 0 atom stereocenters. The van der Waals surface area contributed by atoms with Gasteiger partial charge in [-0.05, 0) is 19.3 Å². The van der Waals surface area contributed by atoms with Gasteiger partial charge in [0.2, 0.25) is 0 Å². The van der Waals surface area contributed by atoms with Gasteiger partial charge in [-0.2, -0.15) is 0 Å². The van der Waals surface area contributed by atoms with Crippen LogP contribution in [0, 0.1) is 0 Å². The van der Waals surface area contributed by atoms with Crippen LogP contribution in [0.3, 0.4) is 0 Å². The summed E-state index contributed by atoms with van der Waals surface area (Å²) in [7, 11) is 0. The van der Waals surface area contributed by atoms with Crippen molar-refractivity contribution in [3.63, 3.8) is 0 Å². The molecule has 0 unspecified atom stereocenters. The van der Waals surface area contributed by atoms with Gasteiger partial charge < -0.3 is 20.1 Å². The zero-order chi connectivity index (χ0) is 12.7. The molecule has 1 rings (SSSR count). The maximum Gasteiger partial charge on any atom is 0.329 e. The Morgan fingerprint density at radius 3 is 2.71 bits per heavy atom. The molecule has 98 valence electrons. The number of carboxylic acids is 1. The van der Waals surface area contributed by atoms with E-state index in [4.69, 9.17) is 9.84 Å². The summed E-state index contributed by atoms with van der Waals surface area (Å²) in [5, 5.41) is 11.1. The van der Waals surface area contributed by atoms with Crippen LogP contribution in [0.5, 0.6) is 0 Å². The molecule has 1 aliphatic rings. The van der Waals surface area contributed by atoms with Crippen molar-refractivity contribution in [2.24, 2.45) is 0 Å². The molecule has 2 amide bonds. The highest BCUT2D eigenvalue weighted by atomic mass is 16.5. The Morgan fingerprint density at radius 2 is 2.18 bits per heavy atom. The number of nitrogens with zero attached hydrogens (tertiary/aromatic N) is 1. The molecule has 0 radical (unpaired) electrons. The van der Waals surface area contributed by atoms with Crippen LogP contribution in [0.2, 0.25) is 0 Å². The van der Waals surface area contributed by atoms with E-state index in [1.54, 1.807) is 0 Å². The fraction of sp³-hybridized carbons (Fsp3) is 0.818. The van der Waals surface area contributed by atoms with Crippen molar-refractivity contribution >= 4 is 12.0 Å². The van der Waals surface area contributed by atoms with Crippen molar-refractivity contribution in [1.29, 1.82) is 0 Å². The third kappa shape index (κ3) is 5.53. The summed E-state index contributed by atoms with van der Waals surface area (Å²) in [5.41, 5.74) is 0. The lowest BCUT2D eigenvalue weighted by molar-refractivity contribution is -0.142. The third-order valence-corrected chi connectivity index (χ3v) is 2.46. The van der Waals surface area contributed by atoms with Crippen LogP contribution in [0.15, 0.2) is 0 Å². The Morgan fingerprint density at radius 1 is 1.47 bits per heavy atom. The first kappa shape index (κ1) is 13.8. The normalized spacial score (nSPS) is 14.4. The molecule has 17 heavy (non-hydrogen) atoms. The fourth-order valence-electron chi connectivity index (χ4n) is 1.57. The third-order valence-electron chi connectivity index (χ3n) is 2.46. The Hall–Kier alpha value is -1.30. The van der Waals surface area contributed by atoms with Gasteiger partial charge in [0.05, 0.1) is 6.61 Å². The van der Waals surface area contributed by atoms with Gasteiger partial charge in [0.15, 0.2) is 0 Å². The van der Waals surface area contributed by atoms with Gasteiger partial charge in [-0.1, -0.05) is 6.92 Å². The number of hydrogen-bond acceptors (Lipinski definition) is 3. The molecule has 6 heteroatoms. The zero-order valence-corrected chi connectivity index (χ0v) is 10.1. The number of carbonyl (C=O) groups is 2. The molecule has 0 spiro atoms. The quantitative estimate of drug-likeness (QED) is 0.615. The number of carbonyl (C=O) groups excluding carboxylic acids is 1. The standard InChI is InChI=1S/C11H20N2O4/c1-2-6-13(9-3-4-9)11(16)12-5-7-17-8-10(14)15/h9H,2-8H2,1H3,(H,12,16)(H,14,15). The van der Waals surface area contributed by atoms with Crippen LogP contribution < -0.4 is 5.32 Å². The Labute approximate surface area is 101 Å². The summed E-state index contributed by atoms with van der Waals surface area (Å²) in [6, 6.07) is 0.322. The van der Waals surface area contributed by atoms with Crippen molar-refractivity contribution in [2.75, 3.05) is 26.3 Å². The summed E-state index contributed by atoms with van der Waals surface area (Å²) in [5.74, 6) is -0.998. The molecule has 0 aromatic heterocycles. The fourth-order valence-corrected chi connectivity index (χ4v) is 1.57. The average Bonchev–Trinajstić information content (AvgIpc) is 3.08. The van der Waals surface area contributed by atoms with Crippen molar-refractivity contribution in [3.8, 4) is 0 Å². The minimum Gasteiger partial charge on any atom is -0.480 e. The van der Waals surface area contributed by atoms with Crippen LogP contribution in [-0.2, 0) is 9.53 Å². The molecule has 1 aliphatic carbocycles. The first-order valence-corrected chi connectivity index (χ1v) is 5.99. The van der Waals surface area contributed by atoms with E-state index in [1.807, 2.05) is 11.8 Å². The van der Waals surface area contributed by atoms with Crippen LogP contribution in [0.4, 0.5) is 4.79 Å². The van der Waals surface area contributed by atoms with Crippen molar-refractivity contribution in [2.45, 2.75) is 32.2 Å². The zero-order valence-electron chi connectivity index (χ0n) is 10.1. The highest BCUT2D eigenvalue weighted by molar-refractivity contribution is 5.74. The van der Waals surface area contributed by atoms with E-state index in [0.717, 1.165) is 25.8 Å². The van der Waals surface area contributed by atoms with E-state index in [0.29, 0.717) is 12.6 Å². The van der Waals surface area contributed by atoms with Crippen LogP contribution in [0.1, 0.15) is 26.2 Å². The highest BCUT2D eigenvalue weighted by Gasteiger charge is 2.31. The van der Waals surface area contributed by atoms with E-state index in [9.17, 15) is 9.59 Å². The number of hydrogen-bond donors (Lipinski definition) is 2. The molecule has 0 aliphatic heterocycles. The molecule has 2 N–H and O–H groups in total. The Balaban J connectivity index is 2.12.